The summed E-state index contributed by atoms with van der Waals surface area (Å²) >= 11 is 0. The summed E-state index contributed by atoms with van der Waals surface area (Å²) in [5, 5.41) is 15.1. The normalized spacial score (nSPS) is 10.2. The standard InChI is InChI=1S/C11H9FN2O3/c1-17-10-6(3-2-4-8(10)12)9-7(11(15)16)5-13-14-9/h2-5H,1H3,(H,13,14)(H,15,16). The minimum absolute atomic E-state index is 0.0146. The van der Waals surface area contributed by atoms with Gasteiger partial charge >= 0.3 is 5.97 Å². The number of halogens is 1. The van der Waals surface area contributed by atoms with E-state index in [9.17, 15) is 9.18 Å². The van der Waals surface area contributed by atoms with Gasteiger partial charge in [-0.3, -0.25) is 5.10 Å². The monoisotopic (exact) mass is 236 g/mol. The third-order valence-electron chi connectivity index (χ3n) is 2.31. The number of nitrogens with one attached hydrogen (secondary N) is 1. The summed E-state index contributed by atoms with van der Waals surface area (Å²) in [6.07, 6.45) is 1.17. The second kappa shape index (κ2) is 4.25. The third-order valence-corrected chi connectivity index (χ3v) is 2.31. The van der Waals surface area contributed by atoms with Crippen molar-refractivity contribution in [3.63, 3.8) is 0 Å². The molecule has 0 amide bonds. The van der Waals surface area contributed by atoms with Crippen molar-refractivity contribution in [2.24, 2.45) is 0 Å². The zero-order chi connectivity index (χ0) is 12.4. The summed E-state index contributed by atoms with van der Waals surface area (Å²) in [7, 11) is 1.32. The Kier molecular flexibility index (Phi) is 2.78. The Morgan fingerprint density at radius 2 is 2.29 bits per heavy atom. The van der Waals surface area contributed by atoms with E-state index in [0.29, 0.717) is 5.56 Å². The van der Waals surface area contributed by atoms with Gasteiger partial charge in [0.15, 0.2) is 11.6 Å². The molecule has 0 atom stereocenters. The molecule has 0 bridgehead atoms. The van der Waals surface area contributed by atoms with Crippen LogP contribution in [0.2, 0.25) is 0 Å². The SMILES string of the molecule is COc1c(F)cccc1-c1[nH]ncc1C(=O)O. The molecule has 0 saturated carbocycles. The van der Waals surface area contributed by atoms with E-state index in [1.165, 1.54) is 25.4 Å². The van der Waals surface area contributed by atoms with E-state index in [2.05, 4.69) is 10.2 Å². The number of aromatic amines is 1. The average molecular weight is 236 g/mol. The Balaban J connectivity index is 2.64. The molecule has 88 valence electrons. The molecule has 0 aliphatic carbocycles. The highest BCUT2D eigenvalue weighted by molar-refractivity contribution is 5.95. The lowest BCUT2D eigenvalue weighted by Crippen LogP contribution is -1.99. The molecule has 5 nitrogen and oxygen atoms in total. The van der Waals surface area contributed by atoms with Crippen LogP contribution >= 0.6 is 0 Å². The maximum Gasteiger partial charge on any atom is 0.339 e. The fourth-order valence-corrected chi connectivity index (χ4v) is 1.57. The number of hydrogen-bond donors (Lipinski definition) is 2. The molecule has 2 N–H and O–H groups in total. The van der Waals surface area contributed by atoms with Crippen LogP contribution in [0.25, 0.3) is 11.3 Å². The average Bonchev–Trinajstić information content (AvgIpc) is 2.77. The van der Waals surface area contributed by atoms with Crippen LogP contribution in [0.15, 0.2) is 24.4 Å². The summed E-state index contributed by atoms with van der Waals surface area (Å²) in [6.45, 7) is 0. The largest absolute Gasteiger partial charge is 0.493 e. The lowest BCUT2D eigenvalue weighted by molar-refractivity contribution is 0.0698. The number of H-pyrrole nitrogens is 1. The van der Waals surface area contributed by atoms with Gasteiger partial charge in [-0.05, 0) is 12.1 Å². The van der Waals surface area contributed by atoms with Crippen LogP contribution in [-0.2, 0) is 0 Å². The summed E-state index contributed by atoms with van der Waals surface area (Å²) in [6, 6.07) is 4.26. The summed E-state index contributed by atoms with van der Waals surface area (Å²) < 4.78 is 18.4. The molecule has 1 aromatic heterocycles. The Morgan fingerprint density at radius 1 is 1.53 bits per heavy atom. The molecule has 1 heterocycles. The van der Waals surface area contributed by atoms with E-state index >= 15 is 0 Å². The minimum atomic E-state index is -1.14. The number of methoxy groups -OCH3 is 1. The van der Waals surface area contributed by atoms with Crippen LogP contribution in [0.5, 0.6) is 5.75 Å². The van der Waals surface area contributed by atoms with Gasteiger partial charge in [0.25, 0.3) is 0 Å². The van der Waals surface area contributed by atoms with Gasteiger partial charge in [-0.1, -0.05) is 6.07 Å². The Bertz CT molecular complexity index is 566. The van der Waals surface area contributed by atoms with Crippen LogP contribution in [0, 0.1) is 5.82 Å². The summed E-state index contributed by atoms with van der Waals surface area (Å²) in [5.74, 6) is -1.71. The van der Waals surface area contributed by atoms with Gasteiger partial charge in [-0.25, -0.2) is 9.18 Å². The lowest BCUT2D eigenvalue weighted by atomic mass is 10.1. The number of ether oxygens (including phenoxy) is 1. The van der Waals surface area contributed by atoms with Crippen LogP contribution in [0.3, 0.4) is 0 Å². The Morgan fingerprint density at radius 3 is 2.94 bits per heavy atom. The van der Waals surface area contributed by atoms with Crippen molar-refractivity contribution in [1.82, 2.24) is 10.2 Å². The maximum absolute atomic E-state index is 13.5. The number of benzene rings is 1. The first kappa shape index (κ1) is 11.1. The number of carboxylic acids is 1. The molecule has 0 fully saturated rings. The Hall–Kier alpha value is -2.37. The quantitative estimate of drug-likeness (QED) is 0.853. The molecule has 0 radical (unpaired) electrons. The van der Waals surface area contributed by atoms with Crippen molar-refractivity contribution >= 4 is 5.97 Å². The molecule has 1 aromatic carbocycles. The topological polar surface area (TPSA) is 75.2 Å². The fourth-order valence-electron chi connectivity index (χ4n) is 1.57. The van der Waals surface area contributed by atoms with Crippen molar-refractivity contribution < 1.29 is 19.0 Å². The third kappa shape index (κ3) is 1.84. The number of hydrogen-bond acceptors (Lipinski definition) is 3. The molecule has 0 aliphatic rings. The molecule has 0 saturated heterocycles. The number of nitrogens with zero attached hydrogens (tertiary/aromatic N) is 1. The fraction of sp³-hybridized carbons (Fsp3) is 0.0909. The maximum atomic E-state index is 13.5. The van der Waals surface area contributed by atoms with Crippen LogP contribution in [-0.4, -0.2) is 28.4 Å². The van der Waals surface area contributed by atoms with Crippen LogP contribution in [0.1, 0.15) is 10.4 Å². The molecular weight excluding hydrogens is 227 g/mol. The second-order valence-corrected chi connectivity index (χ2v) is 3.28. The van der Waals surface area contributed by atoms with E-state index in [0.717, 1.165) is 0 Å². The van der Waals surface area contributed by atoms with Crippen molar-refractivity contribution in [3.8, 4) is 17.0 Å². The zero-order valence-corrected chi connectivity index (χ0v) is 8.90. The van der Waals surface area contributed by atoms with Crippen LogP contribution in [0.4, 0.5) is 4.39 Å². The number of carboxylic acid groups (broad SMARTS) is 1. The van der Waals surface area contributed by atoms with Gasteiger partial charge in [0.2, 0.25) is 0 Å². The van der Waals surface area contributed by atoms with Gasteiger partial charge in [-0.2, -0.15) is 5.10 Å². The van der Waals surface area contributed by atoms with Gasteiger partial charge in [-0.15, -0.1) is 0 Å². The molecule has 2 aromatic rings. The minimum Gasteiger partial charge on any atom is -0.493 e. The summed E-state index contributed by atoms with van der Waals surface area (Å²) in [4.78, 5) is 10.9. The van der Waals surface area contributed by atoms with Crippen molar-refractivity contribution in [3.05, 3.63) is 35.8 Å². The van der Waals surface area contributed by atoms with Gasteiger partial charge in [0.1, 0.15) is 5.56 Å². The zero-order valence-electron chi connectivity index (χ0n) is 8.90. The van der Waals surface area contributed by atoms with E-state index < -0.39 is 11.8 Å². The number of para-hydroxylation sites is 1. The van der Waals surface area contributed by atoms with Gasteiger partial charge in [0, 0.05) is 5.56 Å². The summed E-state index contributed by atoms with van der Waals surface area (Å²) in [5.41, 5.74) is 0.505. The van der Waals surface area contributed by atoms with Gasteiger partial charge < -0.3 is 9.84 Å². The number of rotatable bonds is 3. The van der Waals surface area contributed by atoms with E-state index in [1.54, 1.807) is 6.07 Å². The molecule has 6 heteroatoms. The number of carbonyl (C=O) groups is 1. The molecule has 0 aliphatic heterocycles. The molecule has 0 spiro atoms. The second-order valence-electron chi connectivity index (χ2n) is 3.28. The predicted molar refractivity (Wildman–Crippen MR) is 57.5 cm³/mol. The highest BCUT2D eigenvalue weighted by Gasteiger charge is 2.19. The first-order valence-electron chi connectivity index (χ1n) is 4.74. The van der Waals surface area contributed by atoms with Crippen molar-refractivity contribution in [1.29, 1.82) is 0 Å². The van der Waals surface area contributed by atoms with E-state index in [-0.39, 0.29) is 17.0 Å². The highest BCUT2D eigenvalue weighted by Crippen LogP contribution is 2.32. The van der Waals surface area contributed by atoms with E-state index in [4.69, 9.17) is 9.84 Å². The van der Waals surface area contributed by atoms with E-state index in [1.807, 2.05) is 0 Å². The van der Waals surface area contributed by atoms with Crippen molar-refractivity contribution in [2.75, 3.05) is 7.11 Å². The first-order valence-corrected chi connectivity index (χ1v) is 4.74. The number of aromatic nitrogens is 2. The highest BCUT2D eigenvalue weighted by atomic mass is 19.1. The predicted octanol–water partition coefficient (Wildman–Crippen LogP) is 1.92. The lowest BCUT2D eigenvalue weighted by Gasteiger charge is -2.08. The first-order chi connectivity index (χ1) is 8.15. The number of aromatic carboxylic acids is 1. The molecule has 2 rings (SSSR count). The van der Waals surface area contributed by atoms with Gasteiger partial charge in [0.05, 0.1) is 19.0 Å². The Labute approximate surface area is 95.9 Å². The molecule has 17 heavy (non-hydrogen) atoms. The molecule has 0 unspecified atom stereocenters. The van der Waals surface area contributed by atoms with Crippen LogP contribution < -0.4 is 4.74 Å². The smallest absolute Gasteiger partial charge is 0.339 e. The molecular formula is C11H9FN2O3. The van der Waals surface area contributed by atoms with Crippen molar-refractivity contribution in [2.45, 2.75) is 0 Å².